The van der Waals surface area contributed by atoms with Crippen molar-refractivity contribution in [2.45, 2.75) is 71.6 Å². The summed E-state index contributed by atoms with van der Waals surface area (Å²) in [6.07, 6.45) is 18.4. The molecule has 1 spiro atoms. The van der Waals surface area contributed by atoms with Gasteiger partial charge in [0.25, 0.3) is 0 Å². The summed E-state index contributed by atoms with van der Waals surface area (Å²) in [7, 11) is 0. The topological polar surface area (TPSA) is 46.5 Å². The molecule has 0 aromatic carbocycles. The molecule has 152 valence electrons. The minimum absolute atomic E-state index is 0.00679. The first-order valence-corrected chi connectivity index (χ1v) is 10.5. The highest BCUT2D eigenvalue weighted by Gasteiger charge is 2.34. The molecule has 1 unspecified atom stereocenters. The number of carboxylic acid groups (broad SMARTS) is 1. The van der Waals surface area contributed by atoms with Crippen LogP contribution in [-0.2, 0) is 9.53 Å². The number of carboxylic acids is 1. The first-order chi connectivity index (χ1) is 13.5. The van der Waals surface area contributed by atoms with Gasteiger partial charge in [0.1, 0.15) is 12.4 Å². The van der Waals surface area contributed by atoms with Crippen LogP contribution in [0.15, 0.2) is 47.8 Å². The van der Waals surface area contributed by atoms with Gasteiger partial charge in [-0.2, -0.15) is 0 Å². The van der Waals surface area contributed by atoms with Gasteiger partial charge in [-0.25, -0.2) is 0 Å². The van der Waals surface area contributed by atoms with E-state index in [1.165, 1.54) is 44.1 Å². The Hall–Kier alpha value is -2.21. The van der Waals surface area contributed by atoms with Crippen LogP contribution in [0.3, 0.4) is 0 Å². The maximum Gasteiger partial charge on any atom is 0.304 e. The minimum Gasteiger partial charge on any atom is -0.490 e. The van der Waals surface area contributed by atoms with Crippen LogP contribution in [-0.4, -0.2) is 17.7 Å². The monoisotopic (exact) mass is 382 g/mol. The fraction of sp³-hybridized carbons (Fsp3) is 0.560. The van der Waals surface area contributed by atoms with E-state index in [9.17, 15) is 4.79 Å². The van der Waals surface area contributed by atoms with Crippen molar-refractivity contribution in [1.82, 2.24) is 0 Å². The number of hydrogen-bond acceptors (Lipinski definition) is 2. The highest BCUT2D eigenvalue weighted by Crippen LogP contribution is 2.47. The lowest BCUT2D eigenvalue weighted by Gasteiger charge is -2.40. The SMILES string of the molecule is C=C(/C=C\C(=C/C)C(C#CC)CC(=O)O)OCC1=CCCC2(CCCCC2)C1. The quantitative estimate of drug-likeness (QED) is 0.235. The van der Waals surface area contributed by atoms with Crippen LogP contribution in [0.4, 0.5) is 0 Å². The maximum absolute atomic E-state index is 11.1. The van der Waals surface area contributed by atoms with E-state index < -0.39 is 5.97 Å². The molecule has 0 aromatic rings. The molecule has 3 heteroatoms. The number of aliphatic carboxylic acids is 1. The second-order valence-corrected chi connectivity index (χ2v) is 8.06. The van der Waals surface area contributed by atoms with Crippen LogP contribution < -0.4 is 0 Å². The lowest BCUT2D eigenvalue weighted by atomic mass is 9.65. The predicted octanol–water partition coefficient (Wildman–Crippen LogP) is 6.19. The zero-order chi connectivity index (χ0) is 20.4. The smallest absolute Gasteiger partial charge is 0.304 e. The Bertz CT molecular complexity index is 706. The average Bonchev–Trinajstić information content (AvgIpc) is 2.67. The van der Waals surface area contributed by atoms with Gasteiger partial charge in [0.15, 0.2) is 0 Å². The van der Waals surface area contributed by atoms with Crippen molar-refractivity contribution in [3.63, 3.8) is 0 Å². The highest BCUT2D eigenvalue weighted by molar-refractivity contribution is 5.68. The zero-order valence-electron chi connectivity index (χ0n) is 17.4. The number of allylic oxidation sites excluding steroid dienone is 5. The van der Waals surface area contributed by atoms with Crippen LogP contribution in [0.5, 0.6) is 0 Å². The molecular weight excluding hydrogens is 348 g/mol. The summed E-state index contributed by atoms with van der Waals surface area (Å²) in [5, 5.41) is 9.10. The van der Waals surface area contributed by atoms with Crippen LogP contribution in [0.1, 0.15) is 71.6 Å². The molecule has 3 nitrogen and oxygen atoms in total. The molecule has 2 aliphatic carbocycles. The van der Waals surface area contributed by atoms with Crippen molar-refractivity contribution in [3.8, 4) is 11.8 Å². The minimum atomic E-state index is -0.851. The molecule has 2 rings (SSSR count). The Morgan fingerprint density at radius 3 is 2.71 bits per heavy atom. The van der Waals surface area contributed by atoms with Crippen LogP contribution in [0.25, 0.3) is 0 Å². The number of ether oxygens (including phenoxy) is 1. The van der Waals surface area contributed by atoms with E-state index in [2.05, 4.69) is 24.5 Å². The van der Waals surface area contributed by atoms with Gasteiger partial charge in [0.05, 0.1) is 12.3 Å². The summed E-state index contributed by atoms with van der Waals surface area (Å²) in [6, 6.07) is 0. The number of rotatable bonds is 8. The van der Waals surface area contributed by atoms with Gasteiger partial charge in [-0.3, -0.25) is 4.79 Å². The fourth-order valence-corrected chi connectivity index (χ4v) is 4.50. The zero-order valence-corrected chi connectivity index (χ0v) is 17.4. The molecule has 1 saturated carbocycles. The lowest BCUT2D eigenvalue weighted by molar-refractivity contribution is -0.137. The van der Waals surface area contributed by atoms with E-state index in [4.69, 9.17) is 9.84 Å². The van der Waals surface area contributed by atoms with Crippen LogP contribution >= 0.6 is 0 Å². The Morgan fingerprint density at radius 2 is 2.07 bits per heavy atom. The standard InChI is InChI=1S/C25H34O3/c1-4-10-23(17-24(26)27)22(5-2)13-12-20(3)28-19-21-11-9-16-25(18-21)14-7-6-8-15-25/h5,11-13,23H,3,6-9,14-19H2,1-2H3,(H,26,27)/b13-12-,22-5+. The molecule has 0 heterocycles. The van der Waals surface area contributed by atoms with Crippen molar-refractivity contribution >= 4 is 5.97 Å². The Morgan fingerprint density at radius 1 is 1.32 bits per heavy atom. The number of hydrogen-bond donors (Lipinski definition) is 1. The molecule has 0 bridgehead atoms. The van der Waals surface area contributed by atoms with Gasteiger partial charge in [-0.1, -0.05) is 50.0 Å². The first-order valence-electron chi connectivity index (χ1n) is 10.5. The van der Waals surface area contributed by atoms with Gasteiger partial charge in [-0.05, 0) is 68.6 Å². The van der Waals surface area contributed by atoms with E-state index in [1.807, 2.05) is 25.2 Å². The maximum atomic E-state index is 11.1. The second-order valence-electron chi connectivity index (χ2n) is 8.06. The molecule has 0 aromatic heterocycles. The summed E-state index contributed by atoms with van der Waals surface area (Å²) in [5.41, 5.74) is 2.79. The Balaban J connectivity index is 1.89. The molecule has 0 aliphatic heterocycles. The van der Waals surface area contributed by atoms with E-state index in [0.717, 1.165) is 18.4 Å². The van der Waals surface area contributed by atoms with Crippen molar-refractivity contribution < 1.29 is 14.6 Å². The van der Waals surface area contributed by atoms with Gasteiger partial charge in [0, 0.05) is 0 Å². The molecule has 1 N–H and O–H groups in total. The molecule has 0 amide bonds. The molecule has 0 radical (unpaired) electrons. The van der Waals surface area contributed by atoms with Gasteiger partial charge in [-0.15, -0.1) is 5.92 Å². The van der Waals surface area contributed by atoms with E-state index in [1.54, 1.807) is 6.92 Å². The highest BCUT2D eigenvalue weighted by atomic mass is 16.5. The molecule has 2 aliphatic rings. The molecule has 0 saturated heterocycles. The molecular formula is C25H34O3. The van der Waals surface area contributed by atoms with Crippen LogP contribution in [0.2, 0.25) is 0 Å². The number of carbonyl (C=O) groups is 1. The Labute approximate surface area is 170 Å². The van der Waals surface area contributed by atoms with Crippen molar-refractivity contribution in [2.24, 2.45) is 11.3 Å². The van der Waals surface area contributed by atoms with Crippen molar-refractivity contribution in [2.75, 3.05) is 6.61 Å². The second kappa shape index (κ2) is 11.0. The van der Waals surface area contributed by atoms with Crippen molar-refractivity contribution in [1.29, 1.82) is 0 Å². The molecule has 1 atom stereocenters. The fourth-order valence-electron chi connectivity index (χ4n) is 4.50. The summed E-state index contributed by atoms with van der Waals surface area (Å²) in [5.74, 6) is 5.23. The average molecular weight is 383 g/mol. The summed E-state index contributed by atoms with van der Waals surface area (Å²) < 4.78 is 5.90. The summed E-state index contributed by atoms with van der Waals surface area (Å²) >= 11 is 0. The summed E-state index contributed by atoms with van der Waals surface area (Å²) in [4.78, 5) is 11.1. The largest absolute Gasteiger partial charge is 0.490 e. The third-order valence-corrected chi connectivity index (χ3v) is 5.96. The van der Waals surface area contributed by atoms with Crippen molar-refractivity contribution in [3.05, 3.63) is 47.8 Å². The van der Waals surface area contributed by atoms with Gasteiger partial charge < -0.3 is 9.84 Å². The van der Waals surface area contributed by atoms with E-state index in [-0.39, 0.29) is 12.3 Å². The van der Waals surface area contributed by atoms with Gasteiger partial charge >= 0.3 is 5.97 Å². The third kappa shape index (κ3) is 6.75. The normalized spacial score (nSPS) is 20.2. The van der Waals surface area contributed by atoms with Gasteiger partial charge in [0.2, 0.25) is 0 Å². The lowest BCUT2D eigenvalue weighted by Crippen LogP contribution is -2.27. The predicted molar refractivity (Wildman–Crippen MR) is 115 cm³/mol. The van der Waals surface area contributed by atoms with E-state index >= 15 is 0 Å². The Kier molecular flexibility index (Phi) is 8.64. The molecule has 28 heavy (non-hydrogen) atoms. The van der Waals surface area contributed by atoms with E-state index in [0.29, 0.717) is 17.8 Å². The first kappa shape index (κ1) is 22.1. The summed E-state index contributed by atoms with van der Waals surface area (Å²) in [6.45, 7) is 8.22. The van der Waals surface area contributed by atoms with Crippen LogP contribution in [0, 0.1) is 23.2 Å². The molecule has 1 fully saturated rings. The third-order valence-electron chi connectivity index (χ3n) is 5.96.